The second-order valence-corrected chi connectivity index (χ2v) is 7.59. The van der Waals surface area contributed by atoms with E-state index in [1.165, 1.54) is 0 Å². The van der Waals surface area contributed by atoms with E-state index >= 15 is 0 Å². The summed E-state index contributed by atoms with van der Waals surface area (Å²) in [6.45, 7) is 6.54. The van der Waals surface area contributed by atoms with Crippen molar-refractivity contribution in [1.82, 2.24) is 15.5 Å². The predicted molar refractivity (Wildman–Crippen MR) is 92.6 cm³/mol. The van der Waals surface area contributed by atoms with Gasteiger partial charge in [-0.25, -0.2) is 0 Å². The molecule has 0 saturated heterocycles. The summed E-state index contributed by atoms with van der Waals surface area (Å²) in [5.74, 6) is 1.15. The number of aromatic nitrogens is 2. The maximum Gasteiger partial charge on any atom is 0.232 e. The minimum atomic E-state index is -1.36. The van der Waals surface area contributed by atoms with Crippen LogP contribution in [0.4, 0.5) is 0 Å². The van der Waals surface area contributed by atoms with Gasteiger partial charge < -0.3 is 9.84 Å². The van der Waals surface area contributed by atoms with E-state index in [0.29, 0.717) is 30.6 Å². The fourth-order valence-electron chi connectivity index (χ4n) is 2.18. The van der Waals surface area contributed by atoms with Crippen LogP contribution >= 0.6 is 0 Å². The molecule has 1 N–H and O–H groups in total. The molecule has 0 fully saturated rings. The molecule has 0 spiro atoms. The molecular weight excluding hydrogens is 326 g/mol. The lowest BCUT2D eigenvalue weighted by atomic mass is 10.1. The number of nitrogens with zero attached hydrogens (tertiary/aromatic N) is 2. The molecule has 0 aliphatic carbocycles. The van der Waals surface area contributed by atoms with E-state index in [4.69, 9.17) is 4.52 Å². The van der Waals surface area contributed by atoms with Crippen LogP contribution in [-0.2, 0) is 34.3 Å². The fourth-order valence-corrected chi connectivity index (χ4v) is 3.08. The lowest BCUT2D eigenvalue weighted by Gasteiger charge is -2.07. The number of amides is 1. The van der Waals surface area contributed by atoms with Crippen molar-refractivity contribution in [3.8, 4) is 0 Å². The number of carbonyl (C=O) groups is 1. The van der Waals surface area contributed by atoms with Crippen molar-refractivity contribution < 1.29 is 13.5 Å². The summed E-state index contributed by atoms with van der Waals surface area (Å²) < 4.78 is 17.2. The Morgan fingerprint density at radius 3 is 2.79 bits per heavy atom. The number of aryl methyl sites for hydroxylation is 1. The van der Waals surface area contributed by atoms with Crippen LogP contribution in [0.1, 0.15) is 36.7 Å². The first-order chi connectivity index (χ1) is 11.4. The van der Waals surface area contributed by atoms with Crippen LogP contribution in [0.2, 0.25) is 0 Å². The Labute approximate surface area is 144 Å². The zero-order chi connectivity index (χ0) is 17.5. The fraction of sp³-hybridized carbons (Fsp3) is 0.471. The Morgan fingerprint density at radius 2 is 2.08 bits per heavy atom. The molecule has 0 radical (unpaired) electrons. The van der Waals surface area contributed by atoms with Gasteiger partial charge in [0.05, 0.1) is 5.75 Å². The average molecular weight is 349 g/mol. The maximum absolute atomic E-state index is 12.1. The molecule has 1 aromatic heterocycles. The molecule has 1 unspecified atom stereocenters. The number of hydrogen-bond donors (Lipinski definition) is 1. The van der Waals surface area contributed by atoms with Crippen LogP contribution in [0, 0.1) is 12.8 Å². The second-order valence-electron chi connectivity index (χ2n) is 6.13. The third-order valence-electron chi connectivity index (χ3n) is 3.41. The number of hydrogen-bond acceptors (Lipinski definition) is 5. The molecule has 130 valence electrons. The van der Waals surface area contributed by atoms with Crippen LogP contribution in [0.3, 0.4) is 0 Å². The van der Waals surface area contributed by atoms with Crippen molar-refractivity contribution in [1.29, 1.82) is 0 Å². The zero-order valence-electron chi connectivity index (χ0n) is 14.2. The maximum atomic E-state index is 12.1. The van der Waals surface area contributed by atoms with Gasteiger partial charge in [-0.2, -0.15) is 4.98 Å². The Morgan fingerprint density at radius 1 is 1.33 bits per heavy atom. The highest BCUT2D eigenvalue weighted by Gasteiger charge is 2.14. The first-order valence-corrected chi connectivity index (χ1v) is 9.40. The second kappa shape index (κ2) is 8.73. The van der Waals surface area contributed by atoms with E-state index < -0.39 is 10.8 Å². The van der Waals surface area contributed by atoms with Crippen molar-refractivity contribution >= 4 is 16.7 Å². The third-order valence-corrected chi connectivity index (χ3v) is 4.58. The van der Waals surface area contributed by atoms with Crippen LogP contribution in [0.25, 0.3) is 0 Å². The van der Waals surface area contributed by atoms with Crippen molar-refractivity contribution in [3.63, 3.8) is 0 Å². The monoisotopic (exact) mass is 349 g/mol. The first-order valence-electron chi connectivity index (χ1n) is 7.91. The lowest BCUT2D eigenvalue weighted by molar-refractivity contribution is -0.118. The Kier molecular flexibility index (Phi) is 6.66. The zero-order valence-corrected chi connectivity index (χ0v) is 15.1. The van der Waals surface area contributed by atoms with Gasteiger partial charge in [0, 0.05) is 23.8 Å². The van der Waals surface area contributed by atoms with Gasteiger partial charge >= 0.3 is 0 Å². The smallest absolute Gasteiger partial charge is 0.232 e. The normalized spacial score (nSPS) is 12.3. The number of carbonyl (C=O) groups excluding carboxylic acids is 1. The number of benzene rings is 1. The van der Waals surface area contributed by atoms with Crippen molar-refractivity contribution in [3.05, 3.63) is 47.1 Å². The molecule has 1 heterocycles. The minimum absolute atomic E-state index is 0.0695. The standard InChI is InChI=1S/C17H23N3O3S/c1-12(2)8-17-19-15(20-23-17)10-24(22)11-16(21)18-9-14-7-5-4-6-13(14)3/h4-7,12H,8-11H2,1-3H3,(H,18,21). The Bertz CT molecular complexity index is 713. The van der Waals surface area contributed by atoms with Crippen LogP contribution in [-0.4, -0.2) is 26.0 Å². The van der Waals surface area contributed by atoms with Gasteiger partial charge in [-0.1, -0.05) is 43.3 Å². The van der Waals surface area contributed by atoms with E-state index in [-0.39, 0.29) is 17.4 Å². The molecule has 7 heteroatoms. The summed E-state index contributed by atoms with van der Waals surface area (Å²) in [7, 11) is -1.36. The summed E-state index contributed by atoms with van der Waals surface area (Å²) in [5.41, 5.74) is 2.16. The molecule has 2 rings (SSSR count). The number of nitrogens with one attached hydrogen (secondary N) is 1. The van der Waals surface area contributed by atoms with Crippen LogP contribution < -0.4 is 5.32 Å². The summed E-state index contributed by atoms with van der Waals surface area (Å²) in [4.78, 5) is 16.1. The number of rotatable bonds is 8. The Balaban J connectivity index is 1.78. The topological polar surface area (TPSA) is 85.1 Å². The van der Waals surface area contributed by atoms with Crippen molar-refractivity contribution in [2.45, 2.75) is 39.5 Å². The Hall–Kier alpha value is -2.02. The van der Waals surface area contributed by atoms with Crippen LogP contribution in [0.5, 0.6) is 0 Å². The molecule has 1 atom stereocenters. The van der Waals surface area contributed by atoms with Crippen molar-refractivity contribution in [2.24, 2.45) is 5.92 Å². The van der Waals surface area contributed by atoms with Crippen molar-refractivity contribution in [2.75, 3.05) is 5.75 Å². The van der Waals surface area contributed by atoms with E-state index in [2.05, 4.69) is 29.3 Å². The van der Waals surface area contributed by atoms with Gasteiger partial charge in [0.2, 0.25) is 11.8 Å². The van der Waals surface area contributed by atoms with Crippen LogP contribution in [0.15, 0.2) is 28.8 Å². The predicted octanol–water partition coefficient (Wildman–Crippen LogP) is 2.14. The molecular formula is C17H23N3O3S. The first kappa shape index (κ1) is 18.3. The van der Waals surface area contributed by atoms with Gasteiger partial charge in [0.25, 0.3) is 0 Å². The van der Waals surface area contributed by atoms with Gasteiger partial charge in [-0.05, 0) is 24.0 Å². The molecule has 6 nitrogen and oxygen atoms in total. The third kappa shape index (κ3) is 5.88. The summed E-state index contributed by atoms with van der Waals surface area (Å²) in [5, 5.41) is 6.60. The van der Waals surface area contributed by atoms with E-state index in [1.807, 2.05) is 31.2 Å². The molecule has 0 aliphatic rings. The summed E-state index contributed by atoms with van der Waals surface area (Å²) in [6.07, 6.45) is 0.691. The SMILES string of the molecule is Cc1ccccc1CNC(=O)CS(=O)Cc1noc(CC(C)C)n1. The van der Waals surface area contributed by atoms with Gasteiger partial charge in [-0.15, -0.1) is 0 Å². The van der Waals surface area contributed by atoms with E-state index in [1.54, 1.807) is 0 Å². The minimum Gasteiger partial charge on any atom is -0.351 e. The highest BCUT2D eigenvalue weighted by molar-refractivity contribution is 7.84. The molecule has 0 saturated carbocycles. The molecule has 1 amide bonds. The highest BCUT2D eigenvalue weighted by Crippen LogP contribution is 2.08. The van der Waals surface area contributed by atoms with Gasteiger partial charge in [0.15, 0.2) is 5.82 Å². The quantitative estimate of drug-likeness (QED) is 0.789. The van der Waals surface area contributed by atoms with Gasteiger partial charge in [-0.3, -0.25) is 9.00 Å². The molecule has 2 aromatic rings. The van der Waals surface area contributed by atoms with E-state index in [9.17, 15) is 9.00 Å². The molecule has 0 bridgehead atoms. The highest BCUT2D eigenvalue weighted by atomic mass is 32.2. The van der Waals surface area contributed by atoms with E-state index in [0.717, 1.165) is 11.1 Å². The molecule has 24 heavy (non-hydrogen) atoms. The average Bonchev–Trinajstić information content (AvgIpc) is 2.92. The lowest BCUT2D eigenvalue weighted by Crippen LogP contribution is -2.28. The summed E-state index contributed by atoms with van der Waals surface area (Å²) >= 11 is 0. The van der Waals surface area contributed by atoms with Gasteiger partial charge in [0.1, 0.15) is 5.75 Å². The molecule has 1 aromatic carbocycles. The summed E-state index contributed by atoms with van der Waals surface area (Å²) in [6, 6.07) is 7.83. The molecule has 0 aliphatic heterocycles. The largest absolute Gasteiger partial charge is 0.351 e.